The molecule has 0 aromatic heterocycles. The Labute approximate surface area is 148 Å². The molecule has 0 atom stereocenters. The van der Waals surface area contributed by atoms with Crippen LogP contribution in [-0.2, 0) is 16.6 Å². The summed E-state index contributed by atoms with van der Waals surface area (Å²) < 4.78 is 79.9. The van der Waals surface area contributed by atoms with E-state index in [9.17, 15) is 26.0 Å². The fourth-order valence-corrected chi connectivity index (χ4v) is 4.41. The summed E-state index contributed by atoms with van der Waals surface area (Å²) in [5.74, 6) is -4.14. The van der Waals surface area contributed by atoms with Crippen molar-refractivity contribution >= 4 is 10.0 Å². The molecule has 2 aromatic carbocycles. The molecule has 0 saturated carbocycles. The van der Waals surface area contributed by atoms with Crippen LogP contribution in [0.2, 0.25) is 0 Å². The van der Waals surface area contributed by atoms with E-state index in [1.54, 1.807) is 0 Å². The molecule has 140 valence electrons. The summed E-state index contributed by atoms with van der Waals surface area (Å²) in [7, 11) is -4.28. The first-order chi connectivity index (χ1) is 12.3. The molecule has 2 aromatic rings. The Balaban J connectivity index is 1.69. The van der Waals surface area contributed by atoms with Crippen molar-refractivity contribution in [1.82, 2.24) is 9.21 Å². The van der Waals surface area contributed by atoms with Gasteiger partial charge >= 0.3 is 0 Å². The number of hydrogen-bond acceptors (Lipinski definition) is 3. The fourth-order valence-electron chi connectivity index (χ4n) is 2.88. The third-order valence-corrected chi connectivity index (χ3v) is 6.19. The quantitative estimate of drug-likeness (QED) is 0.757. The van der Waals surface area contributed by atoms with Crippen molar-refractivity contribution in [2.45, 2.75) is 11.4 Å². The van der Waals surface area contributed by atoms with Gasteiger partial charge in [-0.15, -0.1) is 0 Å². The van der Waals surface area contributed by atoms with Gasteiger partial charge in [-0.25, -0.2) is 26.0 Å². The highest BCUT2D eigenvalue weighted by Crippen LogP contribution is 2.24. The lowest BCUT2D eigenvalue weighted by atomic mass is 10.2. The number of rotatable bonds is 4. The van der Waals surface area contributed by atoms with Crippen molar-refractivity contribution < 1.29 is 26.0 Å². The van der Waals surface area contributed by atoms with Crippen molar-refractivity contribution in [3.63, 3.8) is 0 Å². The van der Waals surface area contributed by atoms with Gasteiger partial charge in [-0.3, -0.25) is 4.90 Å². The summed E-state index contributed by atoms with van der Waals surface area (Å²) in [4.78, 5) is 0.908. The summed E-state index contributed by atoms with van der Waals surface area (Å²) in [6.07, 6.45) is 0. The van der Waals surface area contributed by atoms with E-state index in [2.05, 4.69) is 0 Å². The van der Waals surface area contributed by atoms with Gasteiger partial charge in [0.1, 0.15) is 11.6 Å². The Kier molecular flexibility index (Phi) is 5.31. The molecule has 9 heteroatoms. The molecule has 0 aliphatic carbocycles. The molecular weight excluding hydrogens is 372 g/mol. The third kappa shape index (κ3) is 3.74. The monoisotopic (exact) mass is 388 g/mol. The second-order valence-electron chi connectivity index (χ2n) is 5.98. The number of halogens is 4. The van der Waals surface area contributed by atoms with Crippen LogP contribution < -0.4 is 0 Å². The Hall–Kier alpha value is -1.97. The molecule has 0 unspecified atom stereocenters. The molecule has 0 bridgehead atoms. The second-order valence-corrected chi connectivity index (χ2v) is 7.85. The minimum atomic E-state index is -4.28. The maximum atomic E-state index is 13.8. The Morgan fingerprint density at radius 2 is 1.42 bits per heavy atom. The average molecular weight is 388 g/mol. The topological polar surface area (TPSA) is 40.6 Å². The van der Waals surface area contributed by atoms with Gasteiger partial charge in [0.05, 0.1) is 0 Å². The molecule has 1 heterocycles. The van der Waals surface area contributed by atoms with Crippen LogP contribution in [0.15, 0.2) is 41.3 Å². The maximum Gasteiger partial charge on any atom is 0.249 e. The second kappa shape index (κ2) is 7.34. The van der Waals surface area contributed by atoms with Crippen molar-refractivity contribution in [2.75, 3.05) is 26.2 Å². The first kappa shape index (κ1) is 18.8. The van der Waals surface area contributed by atoms with Gasteiger partial charge in [-0.1, -0.05) is 12.1 Å². The normalized spacial score (nSPS) is 16.8. The molecule has 1 aliphatic rings. The number of sulfonamides is 1. The van der Waals surface area contributed by atoms with E-state index in [0.717, 1.165) is 34.6 Å². The SMILES string of the molecule is O=S(=O)(c1c(F)cccc1F)N1CCN(Cc2ccc(F)c(F)c2)CC1. The molecule has 0 N–H and O–H groups in total. The largest absolute Gasteiger partial charge is 0.296 e. The Morgan fingerprint density at radius 3 is 2.00 bits per heavy atom. The van der Waals surface area contributed by atoms with Gasteiger partial charge in [0.2, 0.25) is 10.0 Å². The molecular formula is C17H16F4N2O2S. The lowest BCUT2D eigenvalue weighted by Gasteiger charge is -2.34. The zero-order chi connectivity index (χ0) is 18.9. The van der Waals surface area contributed by atoms with Crippen LogP contribution >= 0.6 is 0 Å². The van der Waals surface area contributed by atoms with Crippen LogP contribution in [0.5, 0.6) is 0 Å². The van der Waals surface area contributed by atoms with Crippen LogP contribution in [0.25, 0.3) is 0 Å². The molecule has 1 saturated heterocycles. The van der Waals surface area contributed by atoms with Crippen molar-refractivity contribution in [3.05, 3.63) is 65.2 Å². The van der Waals surface area contributed by atoms with Crippen molar-refractivity contribution in [3.8, 4) is 0 Å². The van der Waals surface area contributed by atoms with Gasteiger partial charge in [-0.05, 0) is 29.8 Å². The highest BCUT2D eigenvalue weighted by molar-refractivity contribution is 7.89. The van der Waals surface area contributed by atoms with Gasteiger partial charge in [0.15, 0.2) is 16.5 Å². The highest BCUT2D eigenvalue weighted by atomic mass is 32.2. The van der Waals surface area contributed by atoms with Crippen LogP contribution in [0.4, 0.5) is 17.6 Å². The predicted octanol–water partition coefficient (Wildman–Crippen LogP) is 2.75. The van der Waals surface area contributed by atoms with Crippen LogP contribution in [-0.4, -0.2) is 43.8 Å². The van der Waals surface area contributed by atoms with E-state index < -0.39 is 38.2 Å². The summed E-state index contributed by atoms with van der Waals surface area (Å²) in [5.41, 5.74) is 0.556. The van der Waals surface area contributed by atoms with Gasteiger partial charge in [-0.2, -0.15) is 4.31 Å². The van der Waals surface area contributed by atoms with E-state index >= 15 is 0 Å². The fraction of sp³-hybridized carbons (Fsp3) is 0.294. The molecule has 1 aliphatic heterocycles. The standard InChI is InChI=1S/C17H16F4N2O2S/c18-13-5-4-12(10-16(13)21)11-22-6-8-23(9-7-22)26(24,25)17-14(19)2-1-3-15(17)20/h1-5,10H,6-9,11H2. The molecule has 0 amide bonds. The molecule has 0 spiro atoms. The number of hydrogen-bond donors (Lipinski definition) is 0. The maximum absolute atomic E-state index is 13.8. The molecule has 0 radical (unpaired) electrons. The summed E-state index contributed by atoms with van der Waals surface area (Å²) in [5, 5.41) is 0. The van der Waals surface area contributed by atoms with E-state index in [0.29, 0.717) is 25.2 Å². The minimum Gasteiger partial charge on any atom is -0.296 e. The lowest BCUT2D eigenvalue weighted by molar-refractivity contribution is 0.181. The molecule has 1 fully saturated rings. The van der Waals surface area contributed by atoms with Crippen LogP contribution in [0.1, 0.15) is 5.56 Å². The van der Waals surface area contributed by atoms with Gasteiger partial charge < -0.3 is 0 Å². The summed E-state index contributed by atoms with van der Waals surface area (Å²) in [6, 6.07) is 6.48. The third-order valence-electron chi connectivity index (χ3n) is 4.24. The number of nitrogens with zero attached hydrogens (tertiary/aromatic N) is 2. The smallest absolute Gasteiger partial charge is 0.249 e. The minimum absolute atomic E-state index is 0.0415. The van der Waals surface area contributed by atoms with Crippen LogP contribution in [0, 0.1) is 23.3 Å². The van der Waals surface area contributed by atoms with Crippen molar-refractivity contribution in [2.24, 2.45) is 0 Å². The first-order valence-corrected chi connectivity index (χ1v) is 9.33. The zero-order valence-corrected chi connectivity index (χ0v) is 14.4. The van der Waals surface area contributed by atoms with E-state index in [4.69, 9.17) is 0 Å². The van der Waals surface area contributed by atoms with Gasteiger partial charge in [0.25, 0.3) is 0 Å². The number of piperazine rings is 1. The highest BCUT2D eigenvalue weighted by Gasteiger charge is 2.33. The summed E-state index contributed by atoms with van der Waals surface area (Å²) in [6.45, 7) is 1.00. The molecule has 26 heavy (non-hydrogen) atoms. The van der Waals surface area contributed by atoms with E-state index in [1.807, 2.05) is 4.90 Å². The molecule has 3 rings (SSSR count). The first-order valence-electron chi connectivity index (χ1n) is 7.89. The van der Waals surface area contributed by atoms with E-state index in [-0.39, 0.29) is 13.1 Å². The van der Waals surface area contributed by atoms with Crippen LogP contribution in [0.3, 0.4) is 0 Å². The molecule has 4 nitrogen and oxygen atoms in total. The summed E-state index contributed by atoms with van der Waals surface area (Å²) >= 11 is 0. The Bertz CT molecular complexity index is 893. The average Bonchev–Trinajstić information content (AvgIpc) is 2.58. The Morgan fingerprint density at radius 1 is 0.808 bits per heavy atom. The van der Waals surface area contributed by atoms with Crippen molar-refractivity contribution in [1.29, 1.82) is 0 Å². The number of benzene rings is 2. The lowest BCUT2D eigenvalue weighted by Crippen LogP contribution is -2.48. The zero-order valence-electron chi connectivity index (χ0n) is 13.6. The predicted molar refractivity (Wildman–Crippen MR) is 86.8 cm³/mol. The van der Waals surface area contributed by atoms with E-state index in [1.165, 1.54) is 6.07 Å². The van der Waals surface area contributed by atoms with Gasteiger partial charge in [0, 0.05) is 32.7 Å².